The number of halogens is 1. The highest BCUT2D eigenvalue weighted by atomic mass is 32.1. The van der Waals surface area contributed by atoms with Crippen LogP contribution in [-0.2, 0) is 6.67 Å². The van der Waals surface area contributed by atoms with Crippen LogP contribution >= 0.6 is 12.2 Å². The summed E-state index contributed by atoms with van der Waals surface area (Å²) in [4.78, 5) is 6.52. The van der Waals surface area contributed by atoms with Gasteiger partial charge in [-0.05, 0) is 80.3 Å². The number of aromatic nitrogens is 4. The van der Waals surface area contributed by atoms with Crippen LogP contribution in [0.5, 0.6) is 0 Å². The van der Waals surface area contributed by atoms with Crippen molar-refractivity contribution in [3.8, 4) is 17.1 Å². The van der Waals surface area contributed by atoms with Crippen molar-refractivity contribution in [1.82, 2.24) is 24.2 Å². The smallest absolute Gasteiger partial charge is 0.204 e. The Morgan fingerprint density at radius 1 is 1.14 bits per heavy atom. The first-order chi connectivity index (χ1) is 13.7. The molecule has 146 valence electrons. The van der Waals surface area contributed by atoms with Gasteiger partial charge in [0.05, 0.1) is 12.4 Å². The van der Waals surface area contributed by atoms with Crippen LogP contribution < -0.4 is 0 Å². The Labute approximate surface area is 169 Å². The molecular formula is C21H24FN5S. The van der Waals surface area contributed by atoms with Crippen molar-refractivity contribution in [2.24, 2.45) is 5.92 Å². The molecule has 0 amide bonds. The van der Waals surface area contributed by atoms with Crippen LogP contribution in [0.15, 0.2) is 48.8 Å². The van der Waals surface area contributed by atoms with E-state index in [1.807, 2.05) is 21.4 Å². The van der Waals surface area contributed by atoms with Crippen LogP contribution in [0, 0.1) is 16.5 Å². The summed E-state index contributed by atoms with van der Waals surface area (Å²) >= 11 is 5.79. The van der Waals surface area contributed by atoms with E-state index >= 15 is 0 Å². The van der Waals surface area contributed by atoms with Crippen LogP contribution in [0.2, 0.25) is 0 Å². The molecular weight excluding hydrogens is 373 g/mol. The van der Waals surface area contributed by atoms with Crippen LogP contribution in [0.3, 0.4) is 0 Å². The van der Waals surface area contributed by atoms with Crippen molar-refractivity contribution in [3.63, 3.8) is 0 Å². The second kappa shape index (κ2) is 8.32. The lowest BCUT2D eigenvalue weighted by molar-refractivity contribution is 0.197. The van der Waals surface area contributed by atoms with Crippen molar-refractivity contribution >= 4 is 12.2 Å². The second-order valence-electron chi connectivity index (χ2n) is 7.32. The van der Waals surface area contributed by atoms with Crippen molar-refractivity contribution < 1.29 is 4.39 Å². The van der Waals surface area contributed by atoms with Gasteiger partial charge in [-0.25, -0.2) is 9.07 Å². The summed E-state index contributed by atoms with van der Waals surface area (Å²) in [5.74, 6) is 1.27. The minimum absolute atomic E-state index is 0.272. The SMILES string of the molecule is CCCN(CC1CC1)Cn1nc(-c2ccncc2)n(-c2ccc(F)cc2)c1=S. The summed E-state index contributed by atoms with van der Waals surface area (Å²) in [5.41, 5.74) is 1.72. The quantitative estimate of drug-likeness (QED) is 0.517. The van der Waals surface area contributed by atoms with Gasteiger partial charge in [-0.15, -0.1) is 5.10 Å². The molecule has 0 N–H and O–H groups in total. The van der Waals surface area contributed by atoms with E-state index in [1.54, 1.807) is 24.5 Å². The average Bonchev–Trinajstić information content (AvgIpc) is 3.46. The van der Waals surface area contributed by atoms with Gasteiger partial charge in [-0.3, -0.25) is 14.5 Å². The van der Waals surface area contributed by atoms with Gasteiger partial charge < -0.3 is 0 Å². The fourth-order valence-electron chi connectivity index (χ4n) is 3.40. The van der Waals surface area contributed by atoms with Crippen molar-refractivity contribution in [1.29, 1.82) is 0 Å². The first kappa shape index (κ1) is 19.0. The normalized spacial score (nSPS) is 14.0. The molecule has 0 saturated heterocycles. The molecule has 1 saturated carbocycles. The van der Waals surface area contributed by atoms with E-state index in [0.717, 1.165) is 42.5 Å². The lowest BCUT2D eigenvalue weighted by Gasteiger charge is -2.21. The maximum atomic E-state index is 13.4. The van der Waals surface area contributed by atoms with Gasteiger partial charge in [0.25, 0.3) is 0 Å². The zero-order chi connectivity index (χ0) is 19.5. The lowest BCUT2D eigenvalue weighted by Crippen LogP contribution is -2.30. The molecule has 28 heavy (non-hydrogen) atoms. The Morgan fingerprint density at radius 3 is 2.50 bits per heavy atom. The maximum absolute atomic E-state index is 13.4. The Hall–Kier alpha value is -2.38. The van der Waals surface area contributed by atoms with Crippen molar-refractivity contribution in [2.75, 3.05) is 13.1 Å². The van der Waals surface area contributed by atoms with Gasteiger partial charge in [0, 0.05) is 24.5 Å². The van der Waals surface area contributed by atoms with Gasteiger partial charge in [0.15, 0.2) is 5.82 Å². The van der Waals surface area contributed by atoms with E-state index in [-0.39, 0.29) is 5.82 Å². The summed E-state index contributed by atoms with van der Waals surface area (Å²) in [5, 5.41) is 4.84. The van der Waals surface area contributed by atoms with E-state index < -0.39 is 0 Å². The molecule has 1 aliphatic carbocycles. The van der Waals surface area contributed by atoms with E-state index in [9.17, 15) is 4.39 Å². The minimum atomic E-state index is -0.272. The molecule has 0 aliphatic heterocycles. The highest BCUT2D eigenvalue weighted by Gasteiger charge is 2.25. The molecule has 4 rings (SSSR count). The zero-order valence-electron chi connectivity index (χ0n) is 16.0. The molecule has 5 nitrogen and oxygen atoms in total. The summed E-state index contributed by atoms with van der Waals surface area (Å²) in [6.45, 7) is 4.96. The fourth-order valence-corrected chi connectivity index (χ4v) is 3.69. The van der Waals surface area contributed by atoms with Gasteiger partial charge in [0.2, 0.25) is 4.77 Å². The van der Waals surface area contributed by atoms with E-state index in [2.05, 4.69) is 16.8 Å². The molecule has 0 radical (unpaired) electrons. The monoisotopic (exact) mass is 397 g/mol. The Morgan fingerprint density at radius 2 is 1.86 bits per heavy atom. The van der Waals surface area contributed by atoms with Crippen molar-refractivity contribution in [2.45, 2.75) is 32.9 Å². The number of benzene rings is 1. The minimum Gasteiger partial charge on any atom is -0.284 e. The highest BCUT2D eigenvalue weighted by Crippen LogP contribution is 2.30. The number of rotatable bonds is 8. The molecule has 0 bridgehead atoms. The highest BCUT2D eigenvalue weighted by molar-refractivity contribution is 7.71. The second-order valence-corrected chi connectivity index (χ2v) is 7.68. The number of hydrogen-bond donors (Lipinski definition) is 0. The predicted molar refractivity (Wildman–Crippen MR) is 110 cm³/mol. The summed E-state index contributed by atoms with van der Waals surface area (Å²) < 4.78 is 17.8. The summed E-state index contributed by atoms with van der Waals surface area (Å²) in [7, 11) is 0. The van der Waals surface area contributed by atoms with Crippen LogP contribution in [0.4, 0.5) is 4.39 Å². The largest absolute Gasteiger partial charge is 0.284 e. The topological polar surface area (TPSA) is 38.9 Å². The zero-order valence-corrected chi connectivity index (χ0v) is 16.8. The molecule has 3 aromatic rings. The molecule has 1 aromatic carbocycles. The average molecular weight is 398 g/mol. The van der Waals surface area contributed by atoms with E-state index in [0.29, 0.717) is 11.4 Å². The van der Waals surface area contributed by atoms with Crippen LogP contribution in [0.25, 0.3) is 17.1 Å². The third-order valence-electron chi connectivity index (χ3n) is 4.95. The molecule has 0 unspecified atom stereocenters. The standard InChI is InChI=1S/C21H24FN5S/c1-2-13-25(14-16-3-4-16)15-26-21(28)27(19-7-5-18(22)6-8-19)20(24-26)17-9-11-23-12-10-17/h5-12,16H,2-4,13-15H2,1H3. The molecule has 0 spiro atoms. The van der Waals surface area contributed by atoms with Gasteiger partial charge in [-0.1, -0.05) is 6.92 Å². The van der Waals surface area contributed by atoms with Crippen LogP contribution in [-0.4, -0.2) is 37.3 Å². The van der Waals surface area contributed by atoms with E-state index in [1.165, 1.54) is 25.0 Å². The maximum Gasteiger partial charge on any atom is 0.204 e. The molecule has 2 heterocycles. The molecule has 1 aliphatic rings. The third kappa shape index (κ3) is 4.20. The fraction of sp³-hybridized carbons (Fsp3) is 0.381. The van der Waals surface area contributed by atoms with Crippen molar-refractivity contribution in [3.05, 3.63) is 59.4 Å². The Bertz CT molecular complexity index is 976. The molecule has 2 aromatic heterocycles. The number of pyridine rings is 1. The van der Waals surface area contributed by atoms with Gasteiger partial charge in [0.1, 0.15) is 5.82 Å². The number of hydrogen-bond acceptors (Lipinski definition) is 4. The summed E-state index contributed by atoms with van der Waals surface area (Å²) in [6, 6.07) is 10.2. The first-order valence-electron chi connectivity index (χ1n) is 9.74. The number of nitrogens with zero attached hydrogens (tertiary/aromatic N) is 5. The predicted octanol–water partition coefficient (Wildman–Crippen LogP) is 4.68. The lowest BCUT2D eigenvalue weighted by atomic mass is 10.2. The molecule has 1 fully saturated rings. The van der Waals surface area contributed by atoms with Crippen LogP contribution in [0.1, 0.15) is 26.2 Å². The molecule has 7 heteroatoms. The third-order valence-corrected chi connectivity index (χ3v) is 5.34. The van der Waals surface area contributed by atoms with Gasteiger partial charge >= 0.3 is 0 Å². The Balaban J connectivity index is 1.75. The van der Waals surface area contributed by atoms with Gasteiger partial charge in [-0.2, -0.15) is 0 Å². The Kier molecular flexibility index (Phi) is 5.64. The summed E-state index contributed by atoms with van der Waals surface area (Å²) in [6.07, 6.45) is 7.21. The molecule has 0 atom stereocenters. The van der Waals surface area contributed by atoms with E-state index in [4.69, 9.17) is 17.3 Å². The first-order valence-corrected chi connectivity index (χ1v) is 10.1.